The van der Waals surface area contributed by atoms with Crippen LogP contribution in [0.1, 0.15) is 37.0 Å². The molecule has 1 aromatic carbocycles. The lowest BCUT2D eigenvalue weighted by Crippen LogP contribution is -2.39. The summed E-state index contributed by atoms with van der Waals surface area (Å²) in [6.45, 7) is 4.86. The second kappa shape index (κ2) is 4.15. The third-order valence-corrected chi connectivity index (χ3v) is 3.58. The van der Waals surface area contributed by atoms with Crippen LogP contribution in [0, 0.1) is 5.82 Å². The van der Waals surface area contributed by atoms with E-state index in [-0.39, 0.29) is 16.8 Å². The number of nitrogens with two attached hydrogens (primary N) is 1. The zero-order valence-electron chi connectivity index (χ0n) is 10.5. The number of carbonyl (C=O) groups is 1. The van der Waals surface area contributed by atoms with Crippen molar-refractivity contribution in [3.8, 4) is 0 Å². The first kappa shape index (κ1) is 12.7. The van der Waals surface area contributed by atoms with Gasteiger partial charge in [0.1, 0.15) is 11.4 Å². The van der Waals surface area contributed by atoms with Gasteiger partial charge in [-0.3, -0.25) is 0 Å². The van der Waals surface area contributed by atoms with Crippen LogP contribution in [0.4, 0.5) is 15.8 Å². The molecule has 5 heteroatoms. The molecule has 1 fully saturated rings. The van der Waals surface area contributed by atoms with Crippen molar-refractivity contribution in [2.75, 3.05) is 17.2 Å². The van der Waals surface area contributed by atoms with Gasteiger partial charge in [-0.15, -0.1) is 0 Å². The van der Waals surface area contributed by atoms with E-state index in [1.807, 2.05) is 18.7 Å². The first-order chi connectivity index (χ1) is 8.34. The van der Waals surface area contributed by atoms with E-state index in [2.05, 4.69) is 0 Å². The Morgan fingerprint density at radius 1 is 1.50 bits per heavy atom. The van der Waals surface area contributed by atoms with Crippen LogP contribution in [0.3, 0.4) is 0 Å². The van der Waals surface area contributed by atoms with E-state index in [0.29, 0.717) is 5.69 Å². The van der Waals surface area contributed by atoms with Gasteiger partial charge >= 0.3 is 5.97 Å². The monoisotopic (exact) mass is 252 g/mol. The molecule has 1 saturated heterocycles. The lowest BCUT2D eigenvalue weighted by atomic mass is 10.00. The number of halogens is 1. The van der Waals surface area contributed by atoms with E-state index in [1.165, 1.54) is 12.1 Å². The lowest BCUT2D eigenvalue weighted by Gasteiger charge is -2.34. The van der Waals surface area contributed by atoms with Crippen LogP contribution in [0.5, 0.6) is 0 Å². The number of hydrogen-bond acceptors (Lipinski definition) is 3. The van der Waals surface area contributed by atoms with E-state index in [9.17, 15) is 14.3 Å². The number of carboxylic acids is 1. The minimum Gasteiger partial charge on any atom is -0.478 e. The first-order valence-electron chi connectivity index (χ1n) is 5.93. The highest BCUT2D eigenvalue weighted by molar-refractivity contribution is 6.00. The van der Waals surface area contributed by atoms with Gasteiger partial charge in [0.2, 0.25) is 0 Å². The first-order valence-corrected chi connectivity index (χ1v) is 5.93. The molecule has 0 unspecified atom stereocenters. The molecule has 0 amide bonds. The zero-order valence-corrected chi connectivity index (χ0v) is 10.5. The van der Waals surface area contributed by atoms with Crippen molar-refractivity contribution < 1.29 is 14.3 Å². The van der Waals surface area contributed by atoms with Crippen LogP contribution < -0.4 is 10.6 Å². The van der Waals surface area contributed by atoms with Crippen molar-refractivity contribution in [2.45, 2.75) is 32.2 Å². The zero-order chi connectivity index (χ0) is 13.5. The van der Waals surface area contributed by atoms with Gasteiger partial charge in [0.25, 0.3) is 0 Å². The van der Waals surface area contributed by atoms with E-state index in [0.717, 1.165) is 19.4 Å². The number of carboxylic acid groups (broad SMARTS) is 1. The number of anilines is 2. The summed E-state index contributed by atoms with van der Waals surface area (Å²) in [4.78, 5) is 13.3. The van der Waals surface area contributed by atoms with E-state index < -0.39 is 11.8 Å². The summed E-state index contributed by atoms with van der Waals surface area (Å²) in [6, 6.07) is 2.73. The third kappa shape index (κ3) is 1.89. The standard InChI is InChI=1S/C13H17FN2O2/c1-13(2)6-3-7-16(13)9-5-4-8(14)11(15)10(9)12(17)18/h4-5H,3,6-7,15H2,1-2H3,(H,17,18). The molecular weight excluding hydrogens is 235 g/mol. The molecule has 0 atom stereocenters. The highest BCUT2D eigenvalue weighted by Crippen LogP contribution is 2.37. The Hall–Kier alpha value is -1.78. The molecule has 0 saturated carbocycles. The quantitative estimate of drug-likeness (QED) is 0.793. The van der Waals surface area contributed by atoms with Gasteiger partial charge in [-0.2, -0.15) is 0 Å². The number of rotatable bonds is 2. The van der Waals surface area contributed by atoms with Crippen LogP contribution in [0.15, 0.2) is 12.1 Å². The summed E-state index contributed by atoms with van der Waals surface area (Å²) < 4.78 is 13.4. The summed E-state index contributed by atoms with van der Waals surface area (Å²) in [5.74, 6) is -1.88. The maximum absolute atomic E-state index is 13.4. The van der Waals surface area contributed by atoms with Crippen molar-refractivity contribution in [3.63, 3.8) is 0 Å². The summed E-state index contributed by atoms with van der Waals surface area (Å²) in [5, 5.41) is 9.23. The van der Waals surface area contributed by atoms with Gasteiger partial charge in [0.15, 0.2) is 0 Å². The predicted molar refractivity (Wildman–Crippen MR) is 68.4 cm³/mol. The Balaban J connectivity index is 2.58. The molecule has 0 bridgehead atoms. The number of hydrogen-bond donors (Lipinski definition) is 2. The van der Waals surface area contributed by atoms with Gasteiger partial charge in [-0.05, 0) is 38.8 Å². The summed E-state index contributed by atoms with van der Waals surface area (Å²) >= 11 is 0. The molecule has 0 aliphatic carbocycles. The summed E-state index contributed by atoms with van der Waals surface area (Å²) in [7, 11) is 0. The average Bonchev–Trinajstić information content (AvgIpc) is 2.61. The van der Waals surface area contributed by atoms with Gasteiger partial charge in [-0.1, -0.05) is 0 Å². The Kier molecular flexibility index (Phi) is 2.92. The Morgan fingerprint density at radius 2 is 2.17 bits per heavy atom. The smallest absolute Gasteiger partial charge is 0.340 e. The fourth-order valence-electron chi connectivity index (χ4n) is 2.59. The fourth-order valence-corrected chi connectivity index (χ4v) is 2.59. The molecule has 1 heterocycles. The molecule has 1 aromatic rings. The molecule has 2 rings (SSSR count). The van der Waals surface area contributed by atoms with Crippen molar-refractivity contribution >= 4 is 17.3 Å². The van der Waals surface area contributed by atoms with Crippen LogP contribution in [-0.4, -0.2) is 23.2 Å². The molecule has 1 aliphatic rings. The normalized spacial score (nSPS) is 18.1. The topological polar surface area (TPSA) is 66.6 Å². The third-order valence-electron chi connectivity index (χ3n) is 3.58. The number of aromatic carboxylic acids is 1. The van der Waals surface area contributed by atoms with E-state index in [4.69, 9.17) is 5.73 Å². The molecule has 0 aromatic heterocycles. The van der Waals surface area contributed by atoms with Gasteiger partial charge in [-0.25, -0.2) is 9.18 Å². The predicted octanol–water partition coefficient (Wildman–Crippen LogP) is 2.48. The molecular formula is C13H17FN2O2. The van der Waals surface area contributed by atoms with Gasteiger partial charge in [0.05, 0.1) is 11.4 Å². The molecule has 3 N–H and O–H groups in total. The van der Waals surface area contributed by atoms with E-state index in [1.54, 1.807) is 0 Å². The Bertz CT molecular complexity index is 500. The van der Waals surface area contributed by atoms with Crippen LogP contribution in [0.25, 0.3) is 0 Å². The molecule has 0 radical (unpaired) electrons. The van der Waals surface area contributed by atoms with Crippen LogP contribution in [0.2, 0.25) is 0 Å². The second-order valence-corrected chi connectivity index (χ2v) is 5.23. The minimum atomic E-state index is -1.19. The van der Waals surface area contributed by atoms with Gasteiger partial charge < -0.3 is 15.7 Å². The maximum Gasteiger partial charge on any atom is 0.340 e. The highest BCUT2D eigenvalue weighted by atomic mass is 19.1. The molecule has 0 spiro atoms. The van der Waals surface area contributed by atoms with Crippen LogP contribution >= 0.6 is 0 Å². The van der Waals surface area contributed by atoms with Crippen molar-refractivity contribution in [3.05, 3.63) is 23.5 Å². The SMILES string of the molecule is CC1(C)CCCN1c1ccc(F)c(N)c1C(=O)O. The lowest BCUT2D eigenvalue weighted by molar-refractivity contribution is 0.0698. The largest absolute Gasteiger partial charge is 0.478 e. The molecule has 18 heavy (non-hydrogen) atoms. The molecule has 98 valence electrons. The fraction of sp³-hybridized carbons (Fsp3) is 0.462. The maximum atomic E-state index is 13.4. The van der Waals surface area contributed by atoms with E-state index >= 15 is 0 Å². The summed E-state index contributed by atoms with van der Waals surface area (Å²) in [5.41, 5.74) is 5.51. The van der Waals surface area contributed by atoms with Crippen molar-refractivity contribution in [1.82, 2.24) is 0 Å². The molecule has 1 aliphatic heterocycles. The highest BCUT2D eigenvalue weighted by Gasteiger charge is 2.35. The van der Waals surface area contributed by atoms with Crippen molar-refractivity contribution in [1.29, 1.82) is 0 Å². The molecule has 4 nitrogen and oxygen atoms in total. The number of benzene rings is 1. The van der Waals surface area contributed by atoms with Gasteiger partial charge in [0, 0.05) is 12.1 Å². The minimum absolute atomic E-state index is 0.130. The number of nitrogens with zero attached hydrogens (tertiary/aromatic N) is 1. The second-order valence-electron chi connectivity index (χ2n) is 5.23. The Labute approximate surface area is 105 Å². The van der Waals surface area contributed by atoms with Crippen LogP contribution in [-0.2, 0) is 0 Å². The summed E-state index contributed by atoms with van der Waals surface area (Å²) in [6.07, 6.45) is 1.96. The average molecular weight is 252 g/mol. The van der Waals surface area contributed by atoms with Crippen molar-refractivity contribution in [2.24, 2.45) is 0 Å². The Morgan fingerprint density at radius 3 is 2.67 bits per heavy atom. The number of nitrogen functional groups attached to an aromatic ring is 1.